The Bertz CT molecular complexity index is 1040. The first-order chi connectivity index (χ1) is 11.8. The molecule has 3 rings (SSSR count). The number of benzene rings is 1. The van der Waals surface area contributed by atoms with Crippen molar-refractivity contribution < 1.29 is 19.4 Å². The summed E-state index contributed by atoms with van der Waals surface area (Å²) in [5.74, 6) is -1.20. The molecule has 1 unspecified atom stereocenters. The predicted octanol–water partition coefficient (Wildman–Crippen LogP) is 2.21. The molecule has 0 spiro atoms. The molecular weight excluding hydrogens is 344 g/mol. The largest absolute Gasteiger partial charge is 0.508 e. The summed E-state index contributed by atoms with van der Waals surface area (Å²) in [6.07, 6.45) is 2.23. The van der Waals surface area contributed by atoms with Gasteiger partial charge in [-0.05, 0) is 31.2 Å². The van der Waals surface area contributed by atoms with Crippen LogP contribution in [0.4, 0.5) is 0 Å². The van der Waals surface area contributed by atoms with Gasteiger partial charge in [0.25, 0.3) is 0 Å². The Morgan fingerprint density at radius 3 is 2.72 bits per heavy atom. The highest BCUT2D eigenvalue weighted by atomic mass is 32.2. The zero-order chi connectivity index (χ0) is 18.3. The Morgan fingerprint density at radius 1 is 1.32 bits per heavy atom. The van der Waals surface area contributed by atoms with Gasteiger partial charge in [-0.3, -0.25) is 10.2 Å². The van der Waals surface area contributed by atoms with E-state index < -0.39 is 16.7 Å². The number of thioether (sulfide) groups is 1. The maximum Gasteiger partial charge on any atom is 0.348 e. The number of nitrogens with two attached hydrogens (primary N) is 1. The third-order valence-electron chi connectivity index (χ3n) is 3.71. The van der Waals surface area contributed by atoms with Crippen molar-refractivity contribution in [1.82, 2.24) is 0 Å². The van der Waals surface area contributed by atoms with Gasteiger partial charge in [-0.1, -0.05) is 23.4 Å². The molecule has 1 aliphatic rings. The number of ketones is 1. The Balaban J connectivity index is 2.17. The number of nitrogens with one attached hydrogen (secondary N) is 1. The van der Waals surface area contributed by atoms with Crippen molar-refractivity contribution in [2.24, 2.45) is 5.73 Å². The lowest BCUT2D eigenvalue weighted by Gasteiger charge is -2.17. The van der Waals surface area contributed by atoms with Crippen molar-refractivity contribution in [3.05, 3.63) is 57.7 Å². The average Bonchev–Trinajstić information content (AvgIpc) is 2.52. The van der Waals surface area contributed by atoms with E-state index in [1.807, 2.05) is 6.92 Å². The molecular formula is C17H14N2O5S. The molecule has 0 aliphatic heterocycles. The molecule has 0 bridgehead atoms. The predicted molar refractivity (Wildman–Crippen MR) is 95.9 cm³/mol. The minimum Gasteiger partial charge on any atom is -0.508 e. The molecule has 1 heterocycles. The number of rotatable bonds is 2. The summed E-state index contributed by atoms with van der Waals surface area (Å²) in [7, 11) is 0. The molecule has 0 fully saturated rings. The molecule has 1 atom stereocenters. The van der Waals surface area contributed by atoms with Crippen LogP contribution in [0.3, 0.4) is 0 Å². The standard InChI is InChI=1S/C17H14N2O5S/c1-7-2-3-12-9(4-7)15(22)14(16(23)24-12)8-5-11(21)13(6-10(8)20)25-17(18)19/h2-6,13,20,22H,1H3,(H3,18,19). The summed E-state index contributed by atoms with van der Waals surface area (Å²) in [5.41, 5.74) is 5.02. The first kappa shape index (κ1) is 16.8. The number of fused-ring (bicyclic) bond motifs is 1. The van der Waals surface area contributed by atoms with E-state index in [-0.39, 0.29) is 33.4 Å². The van der Waals surface area contributed by atoms with E-state index in [4.69, 9.17) is 15.6 Å². The van der Waals surface area contributed by atoms with E-state index >= 15 is 0 Å². The van der Waals surface area contributed by atoms with Crippen LogP contribution in [0.25, 0.3) is 16.5 Å². The zero-order valence-electron chi connectivity index (χ0n) is 13.1. The van der Waals surface area contributed by atoms with Gasteiger partial charge >= 0.3 is 5.63 Å². The highest BCUT2D eigenvalue weighted by Gasteiger charge is 2.28. The van der Waals surface area contributed by atoms with Crippen molar-refractivity contribution in [1.29, 1.82) is 5.41 Å². The second-order valence-corrected chi connectivity index (χ2v) is 6.71. The van der Waals surface area contributed by atoms with Crippen LogP contribution in [0.1, 0.15) is 11.1 Å². The van der Waals surface area contributed by atoms with E-state index in [0.717, 1.165) is 23.4 Å². The first-order valence-corrected chi connectivity index (χ1v) is 8.10. The Labute approximate surface area is 146 Å². The number of aliphatic hydroxyl groups is 1. The normalized spacial score (nSPS) is 17.3. The average molecular weight is 358 g/mol. The Kier molecular flexibility index (Phi) is 4.13. The maximum absolute atomic E-state index is 12.3. The summed E-state index contributed by atoms with van der Waals surface area (Å²) >= 11 is 0.764. The Morgan fingerprint density at radius 2 is 2.04 bits per heavy atom. The number of aliphatic hydroxyl groups excluding tert-OH is 1. The van der Waals surface area contributed by atoms with Crippen LogP contribution in [0.5, 0.6) is 5.75 Å². The van der Waals surface area contributed by atoms with Crippen LogP contribution in [0, 0.1) is 12.3 Å². The van der Waals surface area contributed by atoms with Crippen molar-refractivity contribution in [3.63, 3.8) is 0 Å². The van der Waals surface area contributed by atoms with Crippen molar-refractivity contribution in [2.45, 2.75) is 12.2 Å². The van der Waals surface area contributed by atoms with E-state index in [0.29, 0.717) is 5.39 Å². The third kappa shape index (κ3) is 3.03. The lowest BCUT2D eigenvalue weighted by atomic mass is 9.96. The number of carbonyl (C=O) groups is 1. The Hall–Kier alpha value is -3.00. The van der Waals surface area contributed by atoms with E-state index in [9.17, 15) is 19.8 Å². The molecule has 0 amide bonds. The van der Waals surface area contributed by atoms with Gasteiger partial charge in [-0.25, -0.2) is 4.79 Å². The minimum atomic E-state index is -0.870. The monoisotopic (exact) mass is 358 g/mol. The molecule has 2 aromatic rings. The summed E-state index contributed by atoms with van der Waals surface area (Å²) < 4.78 is 5.19. The minimum absolute atomic E-state index is 0.125. The van der Waals surface area contributed by atoms with Crippen molar-refractivity contribution in [2.75, 3.05) is 0 Å². The summed E-state index contributed by atoms with van der Waals surface area (Å²) in [6, 6.07) is 4.93. The smallest absolute Gasteiger partial charge is 0.348 e. The van der Waals surface area contributed by atoms with Gasteiger partial charge in [0, 0.05) is 5.57 Å². The van der Waals surface area contributed by atoms with Crippen LogP contribution < -0.4 is 11.4 Å². The quantitative estimate of drug-likeness (QED) is 0.367. The van der Waals surface area contributed by atoms with E-state index in [2.05, 4.69) is 0 Å². The van der Waals surface area contributed by atoms with Gasteiger partial charge in [0.05, 0.1) is 10.6 Å². The van der Waals surface area contributed by atoms with Gasteiger partial charge in [0.1, 0.15) is 22.7 Å². The molecule has 1 aromatic heterocycles. The zero-order valence-corrected chi connectivity index (χ0v) is 13.9. The van der Waals surface area contributed by atoms with E-state index in [1.54, 1.807) is 18.2 Å². The number of amidine groups is 1. The molecule has 128 valence electrons. The number of hydrogen-bond donors (Lipinski definition) is 4. The summed E-state index contributed by atoms with van der Waals surface area (Å²) in [6.45, 7) is 1.81. The number of hydrogen-bond acceptors (Lipinski definition) is 7. The van der Waals surface area contributed by atoms with Crippen LogP contribution in [-0.4, -0.2) is 26.4 Å². The fraction of sp³-hybridized carbons (Fsp3) is 0.118. The SMILES string of the molecule is Cc1ccc2oc(=O)c(C3=CC(=O)C(SC(=N)N)C=C3O)c(O)c2c1. The van der Waals surface area contributed by atoms with Crippen molar-refractivity contribution >= 4 is 39.3 Å². The number of aryl methyl sites for hydroxylation is 1. The fourth-order valence-electron chi connectivity index (χ4n) is 2.58. The molecule has 0 saturated carbocycles. The molecule has 8 heteroatoms. The maximum atomic E-state index is 12.3. The van der Waals surface area contributed by atoms with Gasteiger partial charge in [0.15, 0.2) is 11.0 Å². The fourth-order valence-corrected chi connectivity index (χ4v) is 3.24. The molecule has 7 nitrogen and oxygen atoms in total. The van der Waals surface area contributed by atoms with Crippen LogP contribution in [0.2, 0.25) is 0 Å². The first-order valence-electron chi connectivity index (χ1n) is 7.22. The van der Waals surface area contributed by atoms with Gasteiger partial charge in [-0.15, -0.1) is 0 Å². The lowest BCUT2D eigenvalue weighted by Crippen LogP contribution is -2.23. The topological polar surface area (TPSA) is 138 Å². The molecule has 0 radical (unpaired) electrons. The highest BCUT2D eigenvalue weighted by Crippen LogP contribution is 2.36. The van der Waals surface area contributed by atoms with Crippen LogP contribution in [-0.2, 0) is 4.79 Å². The highest BCUT2D eigenvalue weighted by molar-refractivity contribution is 8.14. The molecule has 1 aromatic carbocycles. The molecule has 5 N–H and O–H groups in total. The molecule has 25 heavy (non-hydrogen) atoms. The number of allylic oxidation sites excluding steroid dienone is 2. The summed E-state index contributed by atoms with van der Waals surface area (Å²) in [5, 5.41) is 27.1. The van der Waals surface area contributed by atoms with Crippen LogP contribution in [0.15, 0.2) is 45.3 Å². The number of carbonyl (C=O) groups excluding carboxylic acids is 1. The van der Waals surface area contributed by atoms with Gasteiger partial charge in [-0.2, -0.15) is 0 Å². The molecule has 1 aliphatic carbocycles. The van der Waals surface area contributed by atoms with Gasteiger partial charge < -0.3 is 20.4 Å². The number of aromatic hydroxyl groups is 1. The second kappa shape index (κ2) is 6.14. The lowest BCUT2D eigenvalue weighted by molar-refractivity contribution is -0.113. The van der Waals surface area contributed by atoms with Gasteiger partial charge in [0.2, 0.25) is 0 Å². The second-order valence-electron chi connectivity index (χ2n) is 5.53. The molecule has 0 saturated heterocycles. The van der Waals surface area contributed by atoms with Crippen LogP contribution >= 0.6 is 11.8 Å². The third-order valence-corrected chi connectivity index (χ3v) is 4.59. The van der Waals surface area contributed by atoms with Crippen molar-refractivity contribution in [3.8, 4) is 5.75 Å². The summed E-state index contributed by atoms with van der Waals surface area (Å²) in [4.78, 5) is 24.5. The van der Waals surface area contributed by atoms with E-state index in [1.165, 1.54) is 6.08 Å².